The van der Waals surface area contributed by atoms with Crippen molar-refractivity contribution in [1.29, 1.82) is 0 Å². The van der Waals surface area contributed by atoms with E-state index >= 15 is 0 Å². The zero-order chi connectivity index (χ0) is 14.5. The lowest BCUT2D eigenvalue weighted by molar-refractivity contribution is -0.126. The first-order chi connectivity index (χ1) is 8.86. The van der Waals surface area contributed by atoms with Crippen LogP contribution in [0, 0.1) is 0 Å². The Morgan fingerprint density at radius 3 is 2.74 bits per heavy atom. The monoisotopic (exact) mass is 267 g/mol. The molecule has 0 atom stereocenters. The van der Waals surface area contributed by atoms with Crippen LogP contribution < -0.4 is 15.4 Å². The third-order valence-corrected chi connectivity index (χ3v) is 2.47. The van der Waals surface area contributed by atoms with E-state index in [2.05, 4.69) is 15.6 Å². The maximum absolute atomic E-state index is 11.9. The molecule has 0 fully saturated rings. The van der Waals surface area contributed by atoms with Crippen molar-refractivity contribution in [3.8, 4) is 5.75 Å². The van der Waals surface area contributed by atoms with Crippen LogP contribution in [0.25, 0.3) is 0 Å². The number of amides is 2. The lowest BCUT2D eigenvalue weighted by Crippen LogP contribution is -2.54. The summed E-state index contributed by atoms with van der Waals surface area (Å²) < 4.78 is 5.10. The minimum absolute atomic E-state index is 0.160. The zero-order valence-electron chi connectivity index (χ0n) is 11.1. The summed E-state index contributed by atoms with van der Waals surface area (Å²) >= 11 is 0. The number of hydrogen-bond acceptors (Lipinski definition) is 4. The van der Waals surface area contributed by atoms with Gasteiger partial charge in [0.1, 0.15) is 17.0 Å². The Morgan fingerprint density at radius 2 is 2.16 bits per heavy atom. The number of pyridine rings is 1. The second-order valence-corrected chi connectivity index (χ2v) is 4.39. The summed E-state index contributed by atoms with van der Waals surface area (Å²) in [5.74, 6) is 0.120. The van der Waals surface area contributed by atoms with Gasteiger partial charge < -0.3 is 20.5 Å². The molecular weight excluding hydrogens is 250 g/mol. The summed E-state index contributed by atoms with van der Waals surface area (Å²) in [6.45, 7) is 3.12. The van der Waals surface area contributed by atoms with Gasteiger partial charge in [-0.25, -0.2) is 4.79 Å². The summed E-state index contributed by atoms with van der Waals surface area (Å²) in [5.41, 5.74) is -0.641. The number of nitrogens with zero attached hydrogens (tertiary/aromatic N) is 1. The normalized spacial score (nSPS) is 10.7. The molecule has 104 valence electrons. The van der Waals surface area contributed by atoms with Crippen LogP contribution in [-0.4, -0.2) is 34.7 Å². The average Bonchev–Trinajstić information content (AvgIpc) is 2.34. The van der Waals surface area contributed by atoms with E-state index in [4.69, 9.17) is 9.84 Å². The minimum atomic E-state index is -1.25. The molecule has 3 N–H and O–H groups in total. The fraction of sp³-hybridized carbons (Fsp3) is 0.417. The van der Waals surface area contributed by atoms with Crippen molar-refractivity contribution in [3.63, 3.8) is 0 Å². The van der Waals surface area contributed by atoms with E-state index in [-0.39, 0.29) is 6.54 Å². The number of ether oxygens (including phenoxy) is 1. The van der Waals surface area contributed by atoms with Crippen LogP contribution >= 0.6 is 0 Å². The van der Waals surface area contributed by atoms with Gasteiger partial charge in [0.2, 0.25) is 5.91 Å². The van der Waals surface area contributed by atoms with Gasteiger partial charge in [-0.3, -0.25) is 9.78 Å². The van der Waals surface area contributed by atoms with Crippen molar-refractivity contribution in [2.24, 2.45) is 0 Å². The van der Waals surface area contributed by atoms with E-state index < -0.39 is 17.5 Å². The fourth-order valence-corrected chi connectivity index (χ4v) is 1.45. The molecule has 0 spiro atoms. The first-order valence-electron chi connectivity index (χ1n) is 5.64. The maximum atomic E-state index is 11.9. The van der Waals surface area contributed by atoms with Crippen LogP contribution in [0.1, 0.15) is 19.5 Å². The molecule has 1 heterocycles. The maximum Gasteiger partial charge on any atom is 0.405 e. The highest BCUT2D eigenvalue weighted by Gasteiger charge is 2.29. The molecule has 0 bridgehead atoms. The van der Waals surface area contributed by atoms with Gasteiger partial charge in [-0.1, -0.05) is 0 Å². The third kappa shape index (κ3) is 4.13. The van der Waals surface area contributed by atoms with Crippen molar-refractivity contribution < 1.29 is 19.4 Å². The molecule has 19 heavy (non-hydrogen) atoms. The molecule has 0 aliphatic heterocycles. The Kier molecular flexibility index (Phi) is 4.68. The van der Waals surface area contributed by atoms with Gasteiger partial charge in [-0.2, -0.15) is 0 Å². The first-order valence-corrected chi connectivity index (χ1v) is 5.64. The van der Waals surface area contributed by atoms with Crippen LogP contribution in [-0.2, 0) is 11.3 Å². The molecule has 2 amide bonds. The Bertz CT molecular complexity index is 474. The van der Waals surface area contributed by atoms with E-state index in [1.807, 2.05) is 0 Å². The number of carbonyl (C=O) groups is 2. The number of carbonyl (C=O) groups excluding carboxylic acids is 1. The summed E-state index contributed by atoms with van der Waals surface area (Å²) in [4.78, 5) is 26.5. The summed E-state index contributed by atoms with van der Waals surface area (Å²) in [6, 6.07) is 3.45. The minimum Gasteiger partial charge on any atom is -0.495 e. The van der Waals surface area contributed by atoms with Crippen molar-refractivity contribution in [2.75, 3.05) is 7.11 Å². The largest absolute Gasteiger partial charge is 0.495 e. The molecule has 1 aromatic rings. The second kappa shape index (κ2) is 6.03. The highest BCUT2D eigenvalue weighted by molar-refractivity contribution is 5.88. The molecule has 0 aliphatic rings. The van der Waals surface area contributed by atoms with Crippen molar-refractivity contribution in [3.05, 3.63) is 24.0 Å². The molecule has 1 rings (SSSR count). The van der Waals surface area contributed by atoms with E-state index in [0.29, 0.717) is 11.4 Å². The summed E-state index contributed by atoms with van der Waals surface area (Å²) in [6.07, 6.45) is 0.334. The topological polar surface area (TPSA) is 101 Å². The fourth-order valence-electron chi connectivity index (χ4n) is 1.45. The van der Waals surface area contributed by atoms with Crippen LogP contribution in [0.2, 0.25) is 0 Å². The van der Waals surface area contributed by atoms with Gasteiger partial charge in [-0.15, -0.1) is 0 Å². The standard InChI is InChI=1S/C12H17N3O4/c1-12(2,15-11(17)18)10(16)14-7-8-9(19-3)5-4-6-13-8/h4-6,15H,7H2,1-3H3,(H,14,16)(H,17,18). The van der Waals surface area contributed by atoms with E-state index in [0.717, 1.165) is 0 Å². The van der Waals surface area contributed by atoms with Gasteiger partial charge in [0, 0.05) is 6.20 Å². The van der Waals surface area contributed by atoms with Crippen LogP contribution in [0.5, 0.6) is 5.75 Å². The molecule has 7 heteroatoms. The number of aromatic nitrogens is 1. The SMILES string of the molecule is COc1cccnc1CNC(=O)C(C)(C)NC(=O)O. The van der Waals surface area contributed by atoms with Gasteiger partial charge in [0.25, 0.3) is 0 Å². The number of methoxy groups -OCH3 is 1. The molecule has 0 aliphatic carbocycles. The van der Waals surface area contributed by atoms with Crippen LogP contribution in [0.4, 0.5) is 4.79 Å². The predicted molar refractivity (Wildman–Crippen MR) is 67.9 cm³/mol. The zero-order valence-corrected chi connectivity index (χ0v) is 11.1. The average molecular weight is 267 g/mol. The van der Waals surface area contributed by atoms with Crippen LogP contribution in [0.15, 0.2) is 18.3 Å². The molecule has 7 nitrogen and oxygen atoms in total. The molecule has 0 saturated carbocycles. The summed E-state index contributed by atoms with van der Waals surface area (Å²) in [7, 11) is 1.51. The predicted octanol–water partition coefficient (Wildman–Crippen LogP) is 0.753. The van der Waals surface area contributed by atoms with Crippen LogP contribution in [0.3, 0.4) is 0 Å². The first kappa shape index (κ1) is 14.7. The Hall–Kier alpha value is -2.31. The third-order valence-electron chi connectivity index (χ3n) is 2.47. The number of nitrogens with one attached hydrogen (secondary N) is 2. The highest BCUT2D eigenvalue weighted by atomic mass is 16.5. The molecular formula is C12H17N3O4. The number of rotatable bonds is 5. The van der Waals surface area contributed by atoms with Gasteiger partial charge in [0.15, 0.2) is 0 Å². The lowest BCUT2D eigenvalue weighted by atomic mass is 10.1. The van der Waals surface area contributed by atoms with Crippen molar-refractivity contribution in [2.45, 2.75) is 25.9 Å². The summed E-state index contributed by atoms with van der Waals surface area (Å²) in [5, 5.41) is 13.4. The Morgan fingerprint density at radius 1 is 1.47 bits per heavy atom. The molecule has 1 aromatic heterocycles. The van der Waals surface area contributed by atoms with Crippen molar-refractivity contribution >= 4 is 12.0 Å². The van der Waals surface area contributed by atoms with Gasteiger partial charge in [0.05, 0.1) is 13.7 Å². The quantitative estimate of drug-likeness (QED) is 0.731. The van der Waals surface area contributed by atoms with E-state index in [1.165, 1.54) is 21.0 Å². The lowest BCUT2D eigenvalue weighted by Gasteiger charge is -2.23. The highest BCUT2D eigenvalue weighted by Crippen LogP contribution is 2.14. The number of hydrogen-bond donors (Lipinski definition) is 3. The van der Waals surface area contributed by atoms with E-state index in [9.17, 15) is 9.59 Å². The molecule has 0 saturated heterocycles. The molecule has 0 aromatic carbocycles. The van der Waals surface area contributed by atoms with Gasteiger partial charge in [-0.05, 0) is 26.0 Å². The Balaban J connectivity index is 2.66. The number of carboxylic acid groups (broad SMARTS) is 1. The van der Waals surface area contributed by atoms with E-state index in [1.54, 1.807) is 18.3 Å². The smallest absolute Gasteiger partial charge is 0.405 e. The Labute approximate surface area is 111 Å². The molecule has 0 radical (unpaired) electrons. The van der Waals surface area contributed by atoms with Crippen molar-refractivity contribution in [1.82, 2.24) is 15.6 Å². The second-order valence-electron chi connectivity index (χ2n) is 4.39. The molecule has 0 unspecified atom stereocenters. The van der Waals surface area contributed by atoms with Gasteiger partial charge >= 0.3 is 6.09 Å².